The van der Waals surface area contributed by atoms with Gasteiger partial charge in [0.25, 0.3) is 10.0 Å². The van der Waals surface area contributed by atoms with E-state index in [9.17, 15) is 17.2 Å². The summed E-state index contributed by atoms with van der Waals surface area (Å²) >= 11 is 0. The fraction of sp³-hybridized carbons (Fsp3) is 0.333. The lowest BCUT2D eigenvalue weighted by atomic mass is 10.0. The van der Waals surface area contributed by atoms with Gasteiger partial charge in [-0.25, -0.2) is 17.2 Å². The van der Waals surface area contributed by atoms with Crippen molar-refractivity contribution in [2.75, 3.05) is 35.8 Å². The van der Waals surface area contributed by atoms with E-state index < -0.39 is 15.8 Å². The van der Waals surface area contributed by atoms with Crippen LogP contribution in [0, 0.1) is 11.6 Å². The minimum atomic E-state index is -3.79. The van der Waals surface area contributed by atoms with Crippen LogP contribution in [0.1, 0.15) is 24.0 Å². The maximum Gasteiger partial charge on any atom is 0.261 e. The number of sulfonamides is 1. The van der Waals surface area contributed by atoms with E-state index >= 15 is 0 Å². The van der Waals surface area contributed by atoms with Gasteiger partial charge in [-0.3, -0.25) is 4.72 Å². The topological polar surface area (TPSA) is 52.7 Å². The molecule has 35 heavy (non-hydrogen) atoms. The molecule has 0 amide bonds. The zero-order valence-electron chi connectivity index (χ0n) is 19.5. The molecule has 184 valence electrons. The molecule has 0 aliphatic carbocycles. The van der Waals surface area contributed by atoms with Crippen molar-refractivity contribution in [3.63, 3.8) is 0 Å². The quantitative estimate of drug-likeness (QED) is 0.508. The van der Waals surface area contributed by atoms with Gasteiger partial charge in [0.2, 0.25) is 0 Å². The summed E-state index contributed by atoms with van der Waals surface area (Å²) in [6, 6.07) is 17.7. The Kier molecular flexibility index (Phi) is 6.75. The number of fused-ring (bicyclic) bond motifs is 1. The first kappa shape index (κ1) is 23.8. The maximum atomic E-state index is 13.2. The zero-order valence-corrected chi connectivity index (χ0v) is 20.3. The summed E-state index contributed by atoms with van der Waals surface area (Å²) in [5.74, 6) is -0.675. The average Bonchev–Trinajstić information content (AvgIpc) is 3.27. The van der Waals surface area contributed by atoms with Gasteiger partial charge < -0.3 is 9.80 Å². The summed E-state index contributed by atoms with van der Waals surface area (Å²) in [6.07, 6.45) is 3.96. The van der Waals surface area contributed by atoms with Crippen LogP contribution in [-0.2, 0) is 22.9 Å². The van der Waals surface area contributed by atoms with Gasteiger partial charge in [-0.2, -0.15) is 0 Å². The number of anilines is 2. The molecule has 0 spiro atoms. The second-order valence-electron chi connectivity index (χ2n) is 9.30. The molecule has 3 aromatic carbocycles. The molecule has 0 atom stereocenters. The summed E-state index contributed by atoms with van der Waals surface area (Å²) < 4.78 is 54.4. The average molecular weight is 498 g/mol. The largest absolute Gasteiger partial charge is 0.368 e. The number of nitrogens with zero attached hydrogens (tertiary/aromatic N) is 2. The molecule has 1 fully saturated rings. The van der Waals surface area contributed by atoms with Crippen molar-refractivity contribution in [1.29, 1.82) is 0 Å². The normalized spacial score (nSPS) is 16.9. The van der Waals surface area contributed by atoms with Gasteiger partial charge in [0.1, 0.15) is 11.6 Å². The predicted octanol–water partition coefficient (Wildman–Crippen LogP) is 4.84. The lowest BCUT2D eigenvalue weighted by molar-refractivity contribution is 0.212. The molecule has 0 radical (unpaired) electrons. The van der Waals surface area contributed by atoms with E-state index in [1.807, 2.05) is 24.3 Å². The van der Waals surface area contributed by atoms with Crippen LogP contribution >= 0.6 is 0 Å². The molecule has 0 saturated carbocycles. The minimum Gasteiger partial charge on any atom is -0.368 e. The third-order valence-corrected chi connectivity index (χ3v) is 8.42. The fourth-order valence-corrected chi connectivity index (χ4v) is 6.12. The Morgan fingerprint density at radius 2 is 1.51 bits per heavy atom. The number of piperidine rings is 1. The molecule has 8 heteroatoms. The van der Waals surface area contributed by atoms with E-state index in [1.165, 1.54) is 29.8 Å². The van der Waals surface area contributed by atoms with Gasteiger partial charge in [-0.15, -0.1) is 0 Å². The molecule has 1 saturated heterocycles. The van der Waals surface area contributed by atoms with Crippen molar-refractivity contribution in [3.05, 3.63) is 89.5 Å². The first-order chi connectivity index (χ1) is 16.9. The van der Waals surface area contributed by atoms with Crippen molar-refractivity contribution in [2.24, 2.45) is 0 Å². The van der Waals surface area contributed by atoms with Gasteiger partial charge in [0.15, 0.2) is 0 Å². The highest BCUT2D eigenvalue weighted by Crippen LogP contribution is 2.35. The number of hydrogen-bond acceptors (Lipinski definition) is 4. The molecule has 0 bridgehead atoms. The number of hydrogen-bond donors (Lipinski definition) is 1. The van der Waals surface area contributed by atoms with Crippen LogP contribution in [0.15, 0.2) is 71.6 Å². The Morgan fingerprint density at radius 3 is 2.20 bits per heavy atom. The Balaban J connectivity index is 1.21. The van der Waals surface area contributed by atoms with E-state index in [-0.39, 0.29) is 10.7 Å². The van der Waals surface area contributed by atoms with Gasteiger partial charge in [-0.05, 0) is 85.3 Å². The SMILES string of the molecule is O=S(=O)(Nc1ccc2c(c1)N(C1CCN(CCc3ccc(F)cc3)CC1)CC2)c1ccc(F)cc1. The number of nitrogens with one attached hydrogen (secondary N) is 1. The monoisotopic (exact) mass is 497 g/mol. The van der Waals surface area contributed by atoms with Gasteiger partial charge in [0, 0.05) is 37.9 Å². The summed E-state index contributed by atoms with van der Waals surface area (Å²) in [5, 5.41) is 0. The lowest BCUT2D eigenvalue weighted by Crippen LogP contribution is -2.45. The molecular weight excluding hydrogens is 468 g/mol. The second-order valence-corrected chi connectivity index (χ2v) is 11.0. The van der Waals surface area contributed by atoms with Gasteiger partial charge >= 0.3 is 0 Å². The summed E-state index contributed by atoms with van der Waals surface area (Å²) in [4.78, 5) is 4.91. The lowest BCUT2D eigenvalue weighted by Gasteiger charge is -2.38. The zero-order chi connectivity index (χ0) is 24.4. The first-order valence-electron chi connectivity index (χ1n) is 12.0. The third-order valence-electron chi connectivity index (χ3n) is 7.02. The van der Waals surface area contributed by atoms with Crippen LogP contribution in [0.4, 0.5) is 20.2 Å². The molecular formula is C27H29F2N3O2S. The van der Waals surface area contributed by atoms with Crippen LogP contribution < -0.4 is 9.62 Å². The molecule has 0 aromatic heterocycles. The summed E-state index contributed by atoms with van der Waals surface area (Å²) in [7, 11) is -3.79. The van der Waals surface area contributed by atoms with Gasteiger partial charge in [-0.1, -0.05) is 18.2 Å². The van der Waals surface area contributed by atoms with Crippen molar-refractivity contribution >= 4 is 21.4 Å². The van der Waals surface area contributed by atoms with Gasteiger partial charge in [0.05, 0.1) is 10.6 Å². The fourth-order valence-electron chi connectivity index (χ4n) is 5.07. The minimum absolute atomic E-state index is 0.0317. The van der Waals surface area contributed by atoms with Crippen molar-refractivity contribution < 1.29 is 17.2 Å². The van der Waals surface area contributed by atoms with E-state index in [4.69, 9.17) is 0 Å². The van der Waals surface area contributed by atoms with E-state index in [1.54, 1.807) is 6.07 Å². The molecule has 5 nitrogen and oxygen atoms in total. The Bertz CT molecular complexity index is 1270. The van der Waals surface area contributed by atoms with Crippen LogP contribution in [-0.4, -0.2) is 45.5 Å². The van der Waals surface area contributed by atoms with Crippen molar-refractivity contribution in [1.82, 2.24) is 4.90 Å². The van der Waals surface area contributed by atoms with Crippen molar-refractivity contribution in [2.45, 2.75) is 36.6 Å². The molecule has 2 heterocycles. The molecule has 5 rings (SSSR count). The van der Waals surface area contributed by atoms with Crippen LogP contribution in [0.2, 0.25) is 0 Å². The molecule has 2 aliphatic rings. The number of rotatable bonds is 7. The Labute approximate surface area is 205 Å². The maximum absolute atomic E-state index is 13.2. The molecule has 1 N–H and O–H groups in total. The van der Waals surface area contributed by atoms with Crippen LogP contribution in [0.5, 0.6) is 0 Å². The second kappa shape index (κ2) is 9.95. The van der Waals surface area contributed by atoms with Crippen LogP contribution in [0.25, 0.3) is 0 Å². The number of benzene rings is 3. The molecule has 3 aromatic rings. The standard InChI is InChI=1S/C27H29F2N3O2S/c28-22-4-1-20(2-5-22)11-15-31-16-13-25(14-17-31)32-18-12-21-3-8-24(19-27(21)32)30-35(33,34)26-9-6-23(29)7-10-26/h1-10,19,25,30H,11-18H2. The Hall–Kier alpha value is -2.97. The summed E-state index contributed by atoms with van der Waals surface area (Å²) in [6.45, 7) is 3.91. The van der Waals surface area contributed by atoms with Crippen LogP contribution in [0.3, 0.4) is 0 Å². The Morgan fingerprint density at radius 1 is 0.857 bits per heavy atom. The number of likely N-dealkylation sites (tertiary alicyclic amines) is 1. The van der Waals surface area contributed by atoms with Crippen molar-refractivity contribution in [3.8, 4) is 0 Å². The van der Waals surface area contributed by atoms with E-state index in [0.29, 0.717) is 11.7 Å². The smallest absolute Gasteiger partial charge is 0.261 e. The molecule has 2 aliphatic heterocycles. The van der Waals surface area contributed by atoms with E-state index in [0.717, 1.165) is 75.2 Å². The van der Waals surface area contributed by atoms with E-state index in [2.05, 4.69) is 14.5 Å². The summed E-state index contributed by atoms with van der Waals surface area (Å²) in [5.41, 5.74) is 3.98. The third kappa shape index (κ3) is 5.49. The highest BCUT2D eigenvalue weighted by molar-refractivity contribution is 7.92. The molecule has 0 unspecified atom stereocenters. The highest BCUT2D eigenvalue weighted by atomic mass is 32.2. The highest BCUT2D eigenvalue weighted by Gasteiger charge is 2.29. The first-order valence-corrected chi connectivity index (χ1v) is 13.5. The number of halogens is 2. The predicted molar refractivity (Wildman–Crippen MR) is 134 cm³/mol.